The lowest BCUT2D eigenvalue weighted by Crippen LogP contribution is -2.58. The van der Waals surface area contributed by atoms with Crippen LogP contribution in [0.15, 0.2) is 24.3 Å². The van der Waals surface area contributed by atoms with Gasteiger partial charge in [0.05, 0.1) is 12.5 Å². The molecule has 14 heteroatoms. The van der Waals surface area contributed by atoms with Gasteiger partial charge in [0, 0.05) is 5.75 Å². The molecule has 0 fully saturated rings. The summed E-state index contributed by atoms with van der Waals surface area (Å²) in [6.45, 7) is 0.366. The third-order valence-corrected chi connectivity index (χ3v) is 5.48. The maximum Gasteiger partial charge on any atom is 0.326 e. The van der Waals surface area contributed by atoms with Gasteiger partial charge in [-0.15, -0.1) is 0 Å². The number of carboxylic acid groups (broad SMARTS) is 2. The first-order chi connectivity index (χ1) is 17.0. The summed E-state index contributed by atoms with van der Waals surface area (Å²) in [6.07, 6.45) is 0.417. The third-order valence-electron chi connectivity index (χ3n) is 5.12. The minimum Gasteiger partial charge on any atom is -0.508 e. The van der Waals surface area contributed by atoms with Crippen molar-refractivity contribution in [3.05, 3.63) is 29.8 Å². The molecule has 200 valence electrons. The highest BCUT2D eigenvalue weighted by molar-refractivity contribution is 7.80. The zero-order valence-electron chi connectivity index (χ0n) is 19.6. The van der Waals surface area contributed by atoms with Gasteiger partial charge in [-0.25, -0.2) is 4.79 Å². The summed E-state index contributed by atoms with van der Waals surface area (Å²) in [4.78, 5) is 60.5. The van der Waals surface area contributed by atoms with Crippen LogP contribution in [-0.2, 0) is 30.4 Å². The van der Waals surface area contributed by atoms with Crippen LogP contribution in [-0.4, -0.2) is 81.4 Å². The van der Waals surface area contributed by atoms with Crippen LogP contribution >= 0.6 is 12.6 Å². The van der Waals surface area contributed by atoms with E-state index in [2.05, 4.69) is 28.6 Å². The van der Waals surface area contributed by atoms with Crippen LogP contribution < -0.4 is 27.4 Å². The molecule has 1 rings (SSSR count). The van der Waals surface area contributed by atoms with Crippen LogP contribution in [0.5, 0.6) is 5.75 Å². The molecule has 0 heterocycles. The number of aromatic hydroxyl groups is 1. The van der Waals surface area contributed by atoms with E-state index in [1.807, 2.05) is 0 Å². The van der Waals surface area contributed by atoms with Gasteiger partial charge in [-0.1, -0.05) is 12.1 Å². The van der Waals surface area contributed by atoms with Crippen LogP contribution in [0.2, 0.25) is 0 Å². The van der Waals surface area contributed by atoms with E-state index in [0.717, 1.165) is 0 Å². The van der Waals surface area contributed by atoms with Gasteiger partial charge in [-0.3, -0.25) is 19.2 Å². The highest BCUT2D eigenvalue weighted by atomic mass is 32.1. The number of carbonyl (C=O) groups is 5. The summed E-state index contributed by atoms with van der Waals surface area (Å²) in [6, 6.07) is 0.739. The number of nitrogens with one attached hydrogen (secondary N) is 3. The highest BCUT2D eigenvalue weighted by Gasteiger charge is 2.31. The average Bonchev–Trinajstić information content (AvgIpc) is 2.82. The minimum atomic E-state index is -1.56. The van der Waals surface area contributed by atoms with E-state index < -0.39 is 60.2 Å². The molecule has 13 nitrogen and oxygen atoms in total. The summed E-state index contributed by atoms with van der Waals surface area (Å²) in [5, 5.41) is 34.7. The predicted molar refractivity (Wildman–Crippen MR) is 132 cm³/mol. The number of carbonyl (C=O) groups excluding carboxylic acids is 3. The number of unbranched alkanes of at least 4 members (excludes halogenated alkanes) is 1. The molecule has 1 aromatic carbocycles. The van der Waals surface area contributed by atoms with Crippen LogP contribution in [0.4, 0.5) is 0 Å². The van der Waals surface area contributed by atoms with Crippen molar-refractivity contribution in [3.8, 4) is 5.75 Å². The molecule has 0 saturated heterocycles. The third kappa shape index (κ3) is 10.9. The van der Waals surface area contributed by atoms with Crippen molar-refractivity contribution in [1.29, 1.82) is 0 Å². The Balaban J connectivity index is 2.83. The number of rotatable bonds is 16. The lowest BCUT2D eigenvalue weighted by atomic mass is 10.0. The Labute approximate surface area is 213 Å². The van der Waals surface area contributed by atoms with E-state index in [9.17, 15) is 39.3 Å². The molecule has 0 aliphatic rings. The molecule has 1 aromatic rings. The van der Waals surface area contributed by atoms with Gasteiger partial charge in [0.25, 0.3) is 0 Å². The molecule has 0 aliphatic carbocycles. The van der Waals surface area contributed by atoms with Gasteiger partial charge in [0.2, 0.25) is 17.7 Å². The summed E-state index contributed by atoms with van der Waals surface area (Å²) < 4.78 is 0. The molecule has 10 N–H and O–H groups in total. The van der Waals surface area contributed by atoms with E-state index in [-0.39, 0.29) is 24.3 Å². The number of thiol groups is 1. The summed E-state index contributed by atoms with van der Waals surface area (Å²) in [5.74, 6) is -5.45. The summed E-state index contributed by atoms with van der Waals surface area (Å²) >= 11 is 4.01. The molecule has 0 spiro atoms. The van der Waals surface area contributed by atoms with Crippen LogP contribution in [0, 0.1) is 0 Å². The van der Waals surface area contributed by atoms with Gasteiger partial charge < -0.3 is 42.7 Å². The minimum absolute atomic E-state index is 0.0305. The highest BCUT2D eigenvalue weighted by Crippen LogP contribution is 2.11. The fourth-order valence-corrected chi connectivity index (χ4v) is 3.39. The number of nitrogens with two attached hydrogens (primary N) is 2. The number of amides is 3. The van der Waals surface area contributed by atoms with E-state index in [4.69, 9.17) is 11.5 Å². The van der Waals surface area contributed by atoms with Gasteiger partial charge in [-0.2, -0.15) is 12.6 Å². The lowest BCUT2D eigenvalue weighted by Gasteiger charge is -2.24. The molecule has 0 radical (unpaired) electrons. The van der Waals surface area contributed by atoms with Gasteiger partial charge in [-0.05, 0) is 49.9 Å². The number of aliphatic carboxylic acids is 2. The first-order valence-corrected chi connectivity index (χ1v) is 11.8. The molecule has 4 unspecified atom stereocenters. The van der Waals surface area contributed by atoms with Crippen molar-refractivity contribution in [2.45, 2.75) is 56.3 Å². The molecule has 3 amide bonds. The molecule has 0 bridgehead atoms. The first-order valence-electron chi connectivity index (χ1n) is 11.2. The number of benzene rings is 1. The number of phenols is 1. The van der Waals surface area contributed by atoms with Gasteiger partial charge in [0.1, 0.15) is 23.9 Å². The van der Waals surface area contributed by atoms with Crippen molar-refractivity contribution >= 4 is 42.3 Å². The smallest absolute Gasteiger partial charge is 0.326 e. The maximum absolute atomic E-state index is 12.7. The van der Waals surface area contributed by atoms with E-state index in [1.165, 1.54) is 12.1 Å². The predicted octanol–water partition coefficient (Wildman–Crippen LogP) is -1.67. The normalized spacial score (nSPS) is 14.1. The molecule has 0 aliphatic heterocycles. The number of phenolic OH excluding ortho intramolecular Hbond substituents is 1. The average molecular weight is 528 g/mol. The Kier molecular flexibility index (Phi) is 13.3. The number of hydrogen-bond acceptors (Lipinski definition) is 9. The summed E-state index contributed by atoms with van der Waals surface area (Å²) in [5.41, 5.74) is 11.9. The van der Waals surface area contributed by atoms with Crippen molar-refractivity contribution < 1.29 is 39.3 Å². The van der Waals surface area contributed by atoms with E-state index in [1.54, 1.807) is 12.1 Å². The van der Waals surface area contributed by atoms with Crippen molar-refractivity contribution in [2.24, 2.45) is 11.5 Å². The Morgan fingerprint density at radius 1 is 0.861 bits per heavy atom. The summed E-state index contributed by atoms with van der Waals surface area (Å²) in [7, 11) is 0. The second-order valence-corrected chi connectivity index (χ2v) is 8.43. The van der Waals surface area contributed by atoms with Crippen LogP contribution in [0.1, 0.15) is 31.2 Å². The second kappa shape index (κ2) is 15.6. The Hall–Kier alpha value is -3.36. The Morgan fingerprint density at radius 2 is 1.42 bits per heavy atom. The Bertz CT molecular complexity index is 914. The Morgan fingerprint density at radius 3 is 1.94 bits per heavy atom. The number of hydrogen-bond donors (Lipinski definition) is 9. The van der Waals surface area contributed by atoms with Crippen molar-refractivity contribution in [2.75, 3.05) is 12.3 Å². The largest absolute Gasteiger partial charge is 0.508 e. The SMILES string of the molecule is NCCCCC(NC(=O)C(CS)NC(=O)C(CC(=O)O)NC(=O)C(N)Cc1ccc(O)cc1)C(=O)O. The first kappa shape index (κ1) is 30.7. The topological polar surface area (TPSA) is 234 Å². The maximum atomic E-state index is 12.7. The fraction of sp³-hybridized carbons (Fsp3) is 0.500. The molecule has 0 aromatic heterocycles. The van der Waals surface area contributed by atoms with Crippen LogP contribution in [0.25, 0.3) is 0 Å². The zero-order valence-corrected chi connectivity index (χ0v) is 20.4. The van der Waals surface area contributed by atoms with Gasteiger partial charge in [0.15, 0.2) is 0 Å². The van der Waals surface area contributed by atoms with Crippen molar-refractivity contribution in [1.82, 2.24) is 16.0 Å². The quantitative estimate of drug-likeness (QED) is 0.0876. The molecule has 36 heavy (non-hydrogen) atoms. The van der Waals surface area contributed by atoms with Crippen molar-refractivity contribution in [3.63, 3.8) is 0 Å². The molecule has 4 atom stereocenters. The molecule has 0 saturated carbocycles. The second-order valence-electron chi connectivity index (χ2n) is 8.06. The van der Waals surface area contributed by atoms with E-state index in [0.29, 0.717) is 24.9 Å². The van der Waals surface area contributed by atoms with Gasteiger partial charge >= 0.3 is 11.9 Å². The lowest BCUT2D eigenvalue weighted by molar-refractivity contribution is -0.143. The van der Waals surface area contributed by atoms with Crippen LogP contribution in [0.3, 0.4) is 0 Å². The monoisotopic (exact) mass is 527 g/mol. The molecular weight excluding hydrogens is 494 g/mol. The zero-order chi connectivity index (χ0) is 27.3. The number of carboxylic acids is 2. The fourth-order valence-electron chi connectivity index (χ4n) is 3.13. The standard InChI is InChI=1S/C22H33N5O8S/c23-8-2-1-3-15(22(34)35)25-21(33)17(11-36)27-20(32)16(10-18(29)30)26-19(31)14(24)9-12-4-6-13(28)7-5-12/h4-7,14-17,28,36H,1-3,8-11,23-24H2,(H,25,33)(H,26,31)(H,27,32)(H,29,30)(H,34,35). The van der Waals surface area contributed by atoms with E-state index >= 15 is 0 Å². The molecular formula is C22H33N5O8S.